The van der Waals surface area contributed by atoms with E-state index in [9.17, 15) is 12.8 Å². The Morgan fingerprint density at radius 1 is 1.63 bits per heavy atom. The third-order valence-electron chi connectivity index (χ3n) is 2.38. The van der Waals surface area contributed by atoms with Crippen LogP contribution >= 0.6 is 15.9 Å². The van der Waals surface area contributed by atoms with Gasteiger partial charge in [-0.15, -0.1) is 0 Å². The fraction of sp³-hybridized carbons (Fsp3) is 0.300. The third kappa shape index (κ3) is 4.15. The molecule has 19 heavy (non-hydrogen) atoms. The molecule has 0 aliphatic rings. The Balaban J connectivity index is 2.88. The molecule has 0 fully saturated rings. The summed E-state index contributed by atoms with van der Waals surface area (Å²) in [5.41, 5.74) is 5.32. The van der Waals surface area contributed by atoms with E-state index in [2.05, 4.69) is 25.8 Å². The van der Waals surface area contributed by atoms with Gasteiger partial charge in [0.2, 0.25) is 10.0 Å². The molecule has 0 aliphatic carbocycles. The molecule has 6 nitrogen and oxygen atoms in total. The molecule has 1 aromatic carbocycles. The minimum Gasteiger partial charge on any atom is -0.409 e. The monoisotopic (exact) mass is 353 g/mol. The normalized spacial score (nSPS) is 14.4. The molecule has 0 amide bonds. The molecule has 0 bridgehead atoms. The van der Waals surface area contributed by atoms with Crippen LogP contribution in [0.25, 0.3) is 0 Å². The number of rotatable bonds is 5. The van der Waals surface area contributed by atoms with E-state index in [1.807, 2.05) is 0 Å². The zero-order chi connectivity index (χ0) is 14.6. The van der Waals surface area contributed by atoms with E-state index >= 15 is 0 Å². The van der Waals surface area contributed by atoms with Crippen LogP contribution in [0.2, 0.25) is 0 Å². The number of oxime groups is 1. The van der Waals surface area contributed by atoms with Crippen LogP contribution in [-0.4, -0.2) is 26.0 Å². The Kier molecular flexibility index (Phi) is 5.27. The Morgan fingerprint density at radius 3 is 2.79 bits per heavy atom. The van der Waals surface area contributed by atoms with E-state index in [0.717, 1.165) is 12.1 Å². The summed E-state index contributed by atoms with van der Waals surface area (Å²) in [4.78, 5) is -0.456. The van der Waals surface area contributed by atoms with Gasteiger partial charge in [0.25, 0.3) is 0 Å². The second-order valence-corrected chi connectivity index (χ2v) is 6.50. The SMILES string of the molecule is CC(CNS(=O)(=O)c1ccc(Br)cc1F)/C(N)=N/O. The quantitative estimate of drug-likeness (QED) is 0.320. The number of halogens is 2. The highest BCUT2D eigenvalue weighted by Crippen LogP contribution is 2.19. The van der Waals surface area contributed by atoms with E-state index < -0.39 is 26.7 Å². The first kappa shape index (κ1) is 15.9. The van der Waals surface area contributed by atoms with Gasteiger partial charge in [-0.1, -0.05) is 28.0 Å². The highest BCUT2D eigenvalue weighted by molar-refractivity contribution is 9.10. The van der Waals surface area contributed by atoms with E-state index in [4.69, 9.17) is 10.9 Å². The van der Waals surface area contributed by atoms with Crippen LogP contribution in [-0.2, 0) is 10.0 Å². The predicted octanol–water partition coefficient (Wildman–Crippen LogP) is 1.25. The molecule has 0 radical (unpaired) electrons. The van der Waals surface area contributed by atoms with Crippen molar-refractivity contribution < 1.29 is 18.0 Å². The summed E-state index contributed by atoms with van der Waals surface area (Å²) in [7, 11) is -3.98. The van der Waals surface area contributed by atoms with Gasteiger partial charge in [-0.2, -0.15) is 0 Å². The summed E-state index contributed by atoms with van der Waals surface area (Å²) in [6, 6.07) is 3.63. The van der Waals surface area contributed by atoms with Crippen molar-refractivity contribution in [3.05, 3.63) is 28.5 Å². The van der Waals surface area contributed by atoms with Gasteiger partial charge in [-0.3, -0.25) is 0 Å². The lowest BCUT2D eigenvalue weighted by Gasteiger charge is -2.12. The molecule has 0 aliphatic heterocycles. The highest BCUT2D eigenvalue weighted by atomic mass is 79.9. The number of nitrogens with two attached hydrogens (primary N) is 1. The van der Waals surface area contributed by atoms with Crippen LogP contribution < -0.4 is 10.5 Å². The number of hydrogen-bond donors (Lipinski definition) is 3. The summed E-state index contributed by atoms with van der Waals surface area (Å²) in [6.45, 7) is 1.46. The number of sulfonamides is 1. The molecular formula is C10H13BrFN3O3S. The van der Waals surface area contributed by atoms with Gasteiger partial charge in [0.15, 0.2) is 0 Å². The number of nitrogens with zero attached hydrogens (tertiary/aromatic N) is 1. The Morgan fingerprint density at radius 2 is 2.26 bits per heavy atom. The first-order chi connectivity index (χ1) is 8.77. The average Bonchev–Trinajstić information content (AvgIpc) is 2.34. The summed E-state index contributed by atoms with van der Waals surface area (Å²) >= 11 is 3.04. The lowest BCUT2D eigenvalue weighted by atomic mass is 10.2. The van der Waals surface area contributed by atoms with Crippen molar-refractivity contribution >= 4 is 31.8 Å². The van der Waals surface area contributed by atoms with Crippen molar-refractivity contribution in [1.29, 1.82) is 0 Å². The van der Waals surface area contributed by atoms with Crippen molar-refractivity contribution in [3.8, 4) is 0 Å². The first-order valence-electron chi connectivity index (χ1n) is 5.20. The first-order valence-corrected chi connectivity index (χ1v) is 7.47. The van der Waals surface area contributed by atoms with Crippen molar-refractivity contribution in [3.63, 3.8) is 0 Å². The molecule has 1 atom stereocenters. The van der Waals surface area contributed by atoms with Crippen LogP contribution in [0.3, 0.4) is 0 Å². The maximum Gasteiger partial charge on any atom is 0.243 e. The molecule has 0 aromatic heterocycles. The number of nitrogens with one attached hydrogen (secondary N) is 1. The van der Waals surface area contributed by atoms with Gasteiger partial charge in [0, 0.05) is 16.9 Å². The Hall–Kier alpha value is -1.19. The van der Waals surface area contributed by atoms with Gasteiger partial charge in [-0.05, 0) is 18.2 Å². The molecule has 1 unspecified atom stereocenters. The number of hydrogen-bond acceptors (Lipinski definition) is 4. The standard InChI is InChI=1S/C10H13BrFN3O3S/c1-6(10(13)15-16)5-14-19(17,18)9-3-2-7(11)4-8(9)12/h2-4,6,14,16H,5H2,1H3,(H2,13,15). The van der Waals surface area contributed by atoms with Crippen LogP contribution in [0, 0.1) is 11.7 Å². The highest BCUT2D eigenvalue weighted by Gasteiger charge is 2.20. The van der Waals surface area contributed by atoms with Crippen molar-refractivity contribution in [2.24, 2.45) is 16.8 Å². The number of benzene rings is 1. The molecule has 1 aromatic rings. The maximum absolute atomic E-state index is 13.6. The maximum atomic E-state index is 13.6. The topological polar surface area (TPSA) is 105 Å². The van der Waals surface area contributed by atoms with Crippen LogP contribution in [0.4, 0.5) is 4.39 Å². The molecule has 0 spiro atoms. The van der Waals surface area contributed by atoms with E-state index in [-0.39, 0.29) is 12.4 Å². The lowest BCUT2D eigenvalue weighted by molar-refractivity contribution is 0.314. The fourth-order valence-corrected chi connectivity index (χ4v) is 2.73. The average molecular weight is 354 g/mol. The van der Waals surface area contributed by atoms with Crippen LogP contribution in [0.15, 0.2) is 32.7 Å². The fourth-order valence-electron chi connectivity index (χ4n) is 1.21. The van der Waals surface area contributed by atoms with Crippen molar-refractivity contribution in [2.45, 2.75) is 11.8 Å². The zero-order valence-corrected chi connectivity index (χ0v) is 12.4. The minimum atomic E-state index is -3.98. The van der Waals surface area contributed by atoms with Crippen LogP contribution in [0.5, 0.6) is 0 Å². The van der Waals surface area contributed by atoms with E-state index in [1.165, 1.54) is 6.07 Å². The largest absolute Gasteiger partial charge is 0.409 e. The molecular weight excluding hydrogens is 341 g/mol. The summed E-state index contributed by atoms with van der Waals surface area (Å²) < 4.78 is 39.9. The Bertz CT molecular complexity index is 592. The predicted molar refractivity (Wildman–Crippen MR) is 71.9 cm³/mol. The molecule has 106 valence electrons. The van der Waals surface area contributed by atoms with Gasteiger partial charge in [0.1, 0.15) is 16.5 Å². The van der Waals surface area contributed by atoms with Gasteiger partial charge < -0.3 is 10.9 Å². The van der Waals surface area contributed by atoms with E-state index in [0.29, 0.717) is 4.47 Å². The summed E-state index contributed by atoms with van der Waals surface area (Å²) in [5, 5.41) is 11.2. The molecule has 0 saturated heterocycles. The zero-order valence-electron chi connectivity index (χ0n) is 9.97. The lowest BCUT2D eigenvalue weighted by Crippen LogP contribution is -2.35. The van der Waals surface area contributed by atoms with Crippen molar-refractivity contribution in [2.75, 3.05) is 6.54 Å². The molecule has 0 saturated carbocycles. The van der Waals surface area contributed by atoms with Crippen LogP contribution in [0.1, 0.15) is 6.92 Å². The second-order valence-electron chi connectivity index (χ2n) is 3.85. The van der Waals surface area contributed by atoms with Gasteiger partial charge >= 0.3 is 0 Å². The third-order valence-corrected chi connectivity index (χ3v) is 4.33. The molecule has 1 rings (SSSR count). The van der Waals surface area contributed by atoms with Gasteiger partial charge in [-0.25, -0.2) is 17.5 Å². The Labute approximate surface area is 118 Å². The summed E-state index contributed by atoms with van der Waals surface area (Å²) in [6.07, 6.45) is 0. The van der Waals surface area contributed by atoms with E-state index in [1.54, 1.807) is 6.92 Å². The smallest absolute Gasteiger partial charge is 0.243 e. The minimum absolute atomic E-state index is 0.103. The number of amidine groups is 1. The van der Waals surface area contributed by atoms with Gasteiger partial charge in [0.05, 0.1) is 0 Å². The summed E-state index contributed by atoms with van der Waals surface area (Å²) in [5.74, 6) is -1.49. The van der Waals surface area contributed by atoms with Crippen molar-refractivity contribution in [1.82, 2.24) is 4.72 Å². The molecule has 0 heterocycles. The molecule has 9 heteroatoms. The second kappa shape index (κ2) is 6.31. The molecule has 4 N–H and O–H groups in total.